The monoisotopic (exact) mass is 606 g/mol. The molecule has 6 rings (SSSR count). The van der Waals surface area contributed by atoms with Gasteiger partial charge in [0.1, 0.15) is 13.3 Å². The summed E-state index contributed by atoms with van der Waals surface area (Å²) in [6.07, 6.45) is 2.58. The number of amides is 1. The Hall–Kier alpha value is -3.60. The summed E-state index contributed by atoms with van der Waals surface area (Å²) in [6.45, 7) is 11.4. The predicted molar refractivity (Wildman–Crippen MR) is 169 cm³/mol. The number of carboxylic acid groups (broad SMARTS) is 1. The second-order valence-electron chi connectivity index (χ2n) is 12.4. The number of aryl methyl sites for hydroxylation is 1. The van der Waals surface area contributed by atoms with E-state index >= 15 is 0 Å². The van der Waals surface area contributed by atoms with E-state index in [1.165, 1.54) is 4.90 Å². The molecule has 42 heavy (non-hydrogen) atoms. The molecule has 9 nitrogen and oxygen atoms in total. The first-order valence-electron chi connectivity index (χ1n) is 14.2. The molecule has 2 aliphatic rings. The van der Waals surface area contributed by atoms with Gasteiger partial charge in [0, 0.05) is 56.5 Å². The van der Waals surface area contributed by atoms with Gasteiger partial charge in [-0.3, -0.25) is 14.3 Å². The molecule has 1 amide bonds. The summed E-state index contributed by atoms with van der Waals surface area (Å²) in [5, 5.41) is 12.3. The summed E-state index contributed by atoms with van der Waals surface area (Å²) < 4.78 is 13.6. The maximum absolute atomic E-state index is 13.8. The van der Waals surface area contributed by atoms with Crippen molar-refractivity contribution in [1.29, 1.82) is 0 Å². The Bertz CT molecular complexity index is 1770. The number of nitrogens with zero attached hydrogens (tertiary/aromatic N) is 4. The molecule has 0 radical (unpaired) electrons. The summed E-state index contributed by atoms with van der Waals surface area (Å²) in [7, 11) is -1.24. The van der Waals surface area contributed by atoms with E-state index in [1.807, 2.05) is 37.3 Å². The van der Waals surface area contributed by atoms with Crippen molar-refractivity contribution < 1.29 is 19.4 Å². The van der Waals surface area contributed by atoms with Crippen LogP contribution in [0, 0.1) is 6.92 Å². The van der Waals surface area contributed by atoms with Crippen molar-refractivity contribution in [2.45, 2.75) is 45.4 Å². The van der Waals surface area contributed by atoms with E-state index in [4.69, 9.17) is 26.1 Å². The Morgan fingerprint density at radius 3 is 2.79 bits per heavy atom. The van der Waals surface area contributed by atoms with Gasteiger partial charge in [-0.2, -0.15) is 0 Å². The molecule has 1 N–H and O–H groups in total. The average Bonchev–Trinajstić information content (AvgIpc) is 2.95. The van der Waals surface area contributed by atoms with Crippen LogP contribution in [0.5, 0.6) is 5.75 Å². The highest BCUT2D eigenvalue weighted by Crippen LogP contribution is 2.44. The summed E-state index contributed by atoms with van der Waals surface area (Å²) in [4.78, 5) is 33.8. The number of pyridine rings is 2. The van der Waals surface area contributed by atoms with Crippen LogP contribution >= 0.6 is 11.6 Å². The molecule has 2 aromatic heterocycles. The van der Waals surface area contributed by atoms with E-state index in [9.17, 15) is 14.7 Å². The lowest BCUT2D eigenvalue weighted by Crippen LogP contribution is -2.58. The lowest BCUT2D eigenvalue weighted by molar-refractivity contribution is 0.0851. The largest absolute Gasteiger partial charge is 0.488 e. The summed E-state index contributed by atoms with van der Waals surface area (Å²) >= 11 is 7.03. The van der Waals surface area contributed by atoms with E-state index in [2.05, 4.69) is 24.5 Å². The maximum atomic E-state index is 13.8. The molecule has 2 aliphatic heterocycles. The second kappa shape index (κ2) is 10.9. The fraction of sp³-hybridized carbons (Fsp3) is 0.387. The highest BCUT2D eigenvalue weighted by Gasteiger charge is 2.36. The number of piperazine rings is 1. The van der Waals surface area contributed by atoms with Crippen molar-refractivity contribution in [3.05, 3.63) is 63.7 Å². The molecular formula is C31H35ClN4O5Si. The molecule has 11 heteroatoms. The Balaban J connectivity index is 1.42. The molecule has 0 spiro atoms. The van der Waals surface area contributed by atoms with Crippen molar-refractivity contribution in [3.63, 3.8) is 0 Å². The third kappa shape index (κ3) is 5.23. The van der Waals surface area contributed by atoms with Gasteiger partial charge in [0.15, 0.2) is 5.75 Å². The number of benzene rings is 2. The highest BCUT2D eigenvalue weighted by atomic mass is 35.5. The maximum Gasteiger partial charge on any atom is 0.407 e. The lowest BCUT2D eigenvalue weighted by atomic mass is 9.93. The Morgan fingerprint density at radius 1 is 1.21 bits per heavy atom. The zero-order chi connectivity index (χ0) is 29.8. The zero-order valence-electron chi connectivity index (χ0n) is 24.3. The number of anilines is 1. The van der Waals surface area contributed by atoms with Gasteiger partial charge in [-0.1, -0.05) is 43.4 Å². The Labute approximate surface area is 250 Å². The standard InChI is InChI=1S/C31H35ClN4O5Si/c1-19-5-6-20-7-8-35(18-40-11-12-42(2,3)4)30(37)28(20)27(19)22-14-25-23(13-24(22)32)29-26(15-33-25)41-17-21-16-34(31(38)39)9-10-36(21)29/h5-8,13-15,21H,9-12,16-18H2,1-4H3,(H,38,39)/t21-/m1/s1. The van der Waals surface area contributed by atoms with Crippen LogP contribution < -0.4 is 15.2 Å². The number of fused-ring (bicyclic) bond motifs is 6. The lowest BCUT2D eigenvalue weighted by Gasteiger charge is -2.45. The van der Waals surface area contributed by atoms with Crippen LogP contribution in [-0.4, -0.2) is 72.6 Å². The van der Waals surface area contributed by atoms with Gasteiger partial charge in [0.25, 0.3) is 5.56 Å². The van der Waals surface area contributed by atoms with Gasteiger partial charge in [0.2, 0.25) is 0 Å². The minimum Gasteiger partial charge on any atom is -0.488 e. The van der Waals surface area contributed by atoms with Crippen LogP contribution in [0.3, 0.4) is 0 Å². The molecular weight excluding hydrogens is 572 g/mol. The molecule has 2 aromatic carbocycles. The molecule has 1 atom stereocenters. The van der Waals surface area contributed by atoms with Gasteiger partial charge in [-0.05, 0) is 47.7 Å². The summed E-state index contributed by atoms with van der Waals surface area (Å²) in [5.41, 5.74) is 3.93. The molecule has 4 aromatic rings. The third-order valence-electron chi connectivity index (χ3n) is 8.22. The quantitative estimate of drug-likeness (QED) is 0.211. The van der Waals surface area contributed by atoms with Gasteiger partial charge >= 0.3 is 6.09 Å². The van der Waals surface area contributed by atoms with E-state index in [0.717, 1.165) is 44.7 Å². The van der Waals surface area contributed by atoms with E-state index in [-0.39, 0.29) is 18.3 Å². The zero-order valence-corrected chi connectivity index (χ0v) is 26.1. The first kappa shape index (κ1) is 28.5. The van der Waals surface area contributed by atoms with E-state index in [0.29, 0.717) is 49.0 Å². The summed E-state index contributed by atoms with van der Waals surface area (Å²) in [6, 6.07) is 10.7. The van der Waals surface area contributed by atoms with Crippen LogP contribution in [-0.2, 0) is 11.5 Å². The van der Waals surface area contributed by atoms with Crippen molar-refractivity contribution in [2.75, 3.05) is 37.7 Å². The number of aromatic nitrogens is 2. The first-order valence-corrected chi connectivity index (χ1v) is 18.3. The normalized spacial score (nSPS) is 16.8. The Kier molecular flexibility index (Phi) is 7.40. The number of carbonyl (C=O) groups is 1. The van der Waals surface area contributed by atoms with Crippen LogP contribution in [0.1, 0.15) is 5.56 Å². The average molecular weight is 607 g/mol. The minimum absolute atomic E-state index is 0.0989. The topological polar surface area (TPSA) is 97.1 Å². The number of halogens is 1. The highest BCUT2D eigenvalue weighted by molar-refractivity contribution is 6.76. The first-order chi connectivity index (χ1) is 20.0. The van der Waals surface area contributed by atoms with Crippen molar-refractivity contribution in [3.8, 4) is 16.9 Å². The molecule has 1 saturated heterocycles. The molecule has 0 saturated carbocycles. The number of rotatable bonds is 6. The summed E-state index contributed by atoms with van der Waals surface area (Å²) in [5.74, 6) is 0.657. The van der Waals surface area contributed by atoms with Crippen molar-refractivity contribution in [1.82, 2.24) is 14.5 Å². The van der Waals surface area contributed by atoms with Crippen LogP contribution in [0.2, 0.25) is 30.7 Å². The van der Waals surface area contributed by atoms with Crippen LogP contribution in [0.15, 0.2) is 47.5 Å². The van der Waals surface area contributed by atoms with Gasteiger partial charge in [0.05, 0.1) is 28.8 Å². The molecule has 0 unspecified atom stereocenters. The van der Waals surface area contributed by atoms with Crippen molar-refractivity contribution in [2.24, 2.45) is 0 Å². The van der Waals surface area contributed by atoms with E-state index < -0.39 is 14.2 Å². The van der Waals surface area contributed by atoms with Crippen LogP contribution in [0.25, 0.3) is 32.8 Å². The second-order valence-corrected chi connectivity index (χ2v) is 18.4. The fourth-order valence-corrected chi connectivity index (χ4v) is 6.90. The predicted octanol–water partition coefficient (Wildman–Crippen LogP) is 6.05. The SMILES string of the molecule is Cc1ccc2ccn(COCC[Si](C)(C)C)c(=O)c2c1-c1cc2ncc3c(c2cc1Cl)N1CCN(C(=O)O)C[C@@H]1CO3. The van der Waals surface area contributed by atoms with Gasteiger partial charge in [-0.25, -0.2) is 4.79 Å². The van der Waals surface area contributed by atoms with Crippen molar-refractivity contribution >= 4 is 53.1 Å². The molecule has 4 heterocycles. The fourth-order valence-electron chi connectivity index (χ4n) is 5.89. The molecule has 0 bridgehead atoms. The van der Waals surface area contributed by atoms with Crippen LogP contribution in [0.4, 0.5) is 10.5 Å². The number of hydrogen-bond donors (Lipinski definition) is 1. The van der Waals surface area contributed by atoms with Gasteiger partial charge < -0.3 is 24.4 Å². The number of ether oxygens (including phenoxy) is 2. The van der Waals surface area contributed by atoms with Gasteiger partial charge in [-0.15, -0.1) is 0 Å². The molecule has 220 valence electrons. The minimum atomic E-state index is -1.24. The number of hydrogen-bond acceptors (Lipinski definition) is 6. The smallest absolute Gasteiger partial charge is 0.407 e. The Morgan fingerprint density at radius 2 is 2.02 bits per heavy atom. The molecule has 0 aliphatic carbocycles. The van der Waals surface area contributed by atoms with E-state index in [1.54, 1.807) is 17.0 Å². The molecule has 1 fully saturated rings. The third-order valence-corrected chi connectivity index (χ3v) is 10.2.